The van der Waals surface area contributed by atoms with Gasteiger partial charge >= 0.3 is 6.18 Å². The Labute approximate surface area is 205 Å². The van der Waals surface area contributed by atoms with Crippen molar-refractivity contribution in [1.82, 2.24) is 9.78 Å². The van der Waals surface area contributed by atoms with Crippen molar-refractivity contribution in [3.05, 3.63) is 88.3 Å². The van der Waals surface area contributed by atoms with Crippen LogP contribution in [0.5, 0.6) is 0 Å². The Morgan fingerprint density at radius 3 is 2.56 bits per heavy atom. The molecule has 0 spiro atoms. The van der Waals surface area contributed by atoms with E-state index in [1.165, 1.54) is 24.3 Å². The van der Waals surface area contributed by atoms with Crippen LogP contribution in [-0.4, -0.2) is 26.7 Å². The molecule has 1 saturated carbocycles. The van der Waals surface area contributed by atoms with Gasteiger partial charge in [0.05, 0.1) is 23.2 Å². The predicted molar refractivity (Wildman–Crippen MR) is 125 cm³/mol. The second-order valence-electron chi connectivity index (χ2n) is 9.99. The van der Waals surface area contributed by atoms with E-state index in [2.05, 4.69) is 5.10 Å². The second kappa shape index (κ2) is 8.52. The number of aromatic nitrogens is 2. The number of alkyl halides is 3. The fourth-order valence-electron chi connectivity index (χ4n) is 5.77. The van der Waals surface area contributed by atoms with E-state index >= 15 is 0 Å². The van der Waals surface area contributed by atoms with Crippen LogP contribution in [0.3, 0.4) is 0 Å². The van der Waals surface area contributed by atoms with Gasteiger partial charge in [-0.1, -0.05) is 24.6 Å². The Morgan fingerprint density at radius 1 is 1.14 bits per heavy atom. The molecule has 1 aromatic heterocycles. The average Bonchev–Trinajstić information content (AvgIpc) is 3.33. The Hall–Kier alpha value is -3.04. The molecule has 2 aliphatic carbocycles. The van der Waals surface area contributed by atoms with Crippen molar-refractivity contribution in [3.63, 3.8) is 0 Å². The van der Waals surface area contributed by atoms with Gasteiger partial charge in [0.1, 0.15) is 17.7 Å². The maximum atomic E-state index is 14.4. The van der Waals surface area contributed by atoms with Gasteiger partial charge in [-0.25, -0.2) is 13.5 Å². The quantitative estimate of drug-likeness (QED) is 0.432. The van der Waals surface area contributed by atoms with Gasteiger partial charge in [0.15, 0.2) is 0 Å². The summed E-state index contributed by atoms with van der Waals surface area (Å²) in [6.07, 6.45) is 0.681. The number of hydrogen-bond donors (Lipinski definition) is 2. The van der Waals surface area contributed by atoms with E-state index in [0.29, 0.717) is 24.9 Å². The van der Waals surface area contributed by atoms with Gasteiger partial charge in [-0.3, -0.25) is 0 Å². The lowest BCUT2D eigenvalue weighted by molar-refractivity contribution is -0.149. The highest BCUT2D eigenvalue weighted by Gasteiger charge is 2.55. The molecule has 1 fully saturated rings. The van der Waals surface area contributed by atoms with Crippen molar-refractivity contribution >= 4 is 6.08 Å². The highest BCUT2D eigenvalue weighted by Crippen LogP contribution is 2.57. The summed E-state index contributed by atoms with van der Waals surface area (Å²) in [5.41, 5.74) is 6.59. The molecule has 0 saturated heterocycles. The SMILES string of the molecule is C[C@]12Cc3cnn(-c4ccc(F)cc4)c3C=C1CC[C@@]2(O)CCc1cccc(F)c1[C@H](N)C(F)(F)F. The molecule has 0 amide bonds. The molecule has 190 valence electrons. The third-order valence-electron chi connectivity index (χ3n) is 7.97. The Kier molecular flexibility index (Phi) is 5.83. The standard InChI is InChI=1S/C27H26F5N3O/c1-25-14-17-15-34-35(20-7-5-19(28)6-8-20)22(17)13-18(25)10-12-26(25,36)11-9-16-3-2-4-21(29)23(16)24(33)27(30,31)32/h2-8,13,15,24,36H,9-12,14,33H2,1H3/t24-,25-,26-/m0/s1. The highest BCUT2D eigenvalue weighted by molar-refractivity contribution is 5.62. The zero-order valence-corrected chi connectivity index (χ0v) is 19.6. The van der Waals surface area contributed by atoms with Crippen molar-refractivity contribution in [1.29, 1.82) is 0 Å². The Bertz CT molecular complexity index is 1330. The number of nitrogens with zero attached hydrogens (tertiary/aromatic N) is 2. The molecule has 9 heteroatoms. The molecular formula is C27H26F5N3O. The van der Waals surface area contributed by atoms with Crippen LogP contribution in [0.4, 0.5) is 22.0 Å². The third-order valence-corrected chi connectivity index (χ3v) is 7.97. The molecule has 1 heterocycles. The molecule has 0 bridgehead atoms. The highest BCUT2D eigenvalue weighted by atomic mass is 19.4. The Morgan fingerprint density at radius 2 is 1.86 bits per heavy atom. The second-order valence-corrected chi connectivity index (χ2v) is 9.99. The third kappa shape index (κ3) is 3.94. The fourth-order valence-corrected chi connectivity index (χ4v) is 5.77. The van der Waals surface area contributed by atoms with Gasteiger partial charge in [-0.15, -0.1) is 0 Å². The summed E-state index contributed by atoms with van der Waals surface area (Å²) in [5.74, 6) is -1.35. The largest absolute Gasteiger partial charge is 0.407 e. The minimum Gasteiger partial charge on any atom is -0.389 e. The molecule has 2 aliphatic rings. The number of rotatable bonds is 5. The van der Waals surface area contributed by atoms with E-state index in [1.54, 1.807) is 23.0 Å². The monoisotopic (exact) mass is 503 g/mol. The maximum Gasteiger partial charge on any atom is 0.407 e. The molecule has 36 heavy (non-hydrogen) atoms. The predicted octanol–water partition coefficient (Wildman–Crippen LogP) is 5.82. The molecule has 5 rings (SSSR count). The number of aliphatic hydroxyl groups is 1. The number of aryl methyl sites for hydroxylation is 1. The molecule has 0 unspecified atom stereocenters. The van der Waals surface area contributed by atoms with E-state index in [-0.39, 0.29) is 24.2 Å². The van der Waals surface area contributed by atoms with Crippen molar-refractivity contribution in [2.45, 2.75) is 56.8 Å². The first-order valence-corrected chi connectivity index (χ1v) is 11.8. The molecule has 4 nitrogen and oxygen atoms in total. The van der Waals surface area contributed by atoms with E-state index < -0.39 is 34.6 Å². The lowest BCUT2D eigenvalue weighted by Crippen LogP contribution is -2.45. The van der Waals surface area contributed by atoms with Crippen molar-refractivity contribution in [2.24, 2.45) is 11.1 Å². The van der Waals surface area contributed by atoms with E-state index in [1.807, 2.05) is 13.0 Å². The maximum absolute atomic E-state index is 14.4. The van der Waals surface area contributed by atoms with Gasteiger partial charge in [0.2, 0.25) is 0 Å². The first-order valence-electron chi connectivity index (χ1n) is 11.8. The van der Waals surface area contributed by atoms with Crippen LogP contribution in [0.15, 0.2) is 54.2 Å². The number of halogens is 5. The van der Waals surface area contributed by atoms with Crippen LogP contribution in [0, 0.1) is 17.0 Å². The molecule has 2 aromatic carbocycles. The van der Waals surface area contributed by atoms with Crippen LogP contribution < -0.4 is 5.73 Å². The smallest absolute Gasteiger partial charge is 0.389 e. The van der Waals surface area contributed by atoms with Gasteiger partial charge in [-0.05, 0) is 79.6 Å². The summed E-state index contributed by atoms with van der Waals surface area (Å²) in [6.45, 7) is 1.96. The molecular weight excluding hydrogens is 477 g/mol. The zero-order chi connectivity index (χ0) is 25.9. The first-order chi connectivity index (χ1) is 16.9. The van der Waals surface area contributed by atoms with Crippen LogP contribution in [0.1, 0.15) is 54.6 Å². The molecule has 3 N–H and O–H groups in total. The van der Waals surface area contributed by atoms with Crippen molar-refractivity contribution < 1.29 is 27.1 Å². The van der Waals surface area contributed by atoms with Crippen molar-refractivity contribution in [2.75, 3.05) is 0 Å². The van der Waals surface area contributed by atoms with E-state index in [9.17, 15) is 27.1 Å². The Balaban J connectivity index is 1.43. The number of benzene rings is 2. The minimum atomic E-state index is -4.78. The molecule has 3 aromatic rings. The van der Waals surface area contributed by atoms with Crippen LogP contribution in [-0.2, 0) is 12.8 Å². The minimum absolute atomic E-state index is 0.0535. The number of fused-ring (bicyclic) bond motifs is 2. The van der Waals surface area contributed by atoms with Gasteiger partial charge < -0.3 is 10.8 Å². The van der Waals surface area contributed by atoms with E-state index in [0.717, 1.165) is 22.9 Å². The van der Waals surface area contributed by atoms with Crippen LogP contribution >= 0.6 is 0 Å². The lowest BCUT2D eigenvalue weighted by Gasteiger charge is -2.42. The van der Waals surface area contributed by atoms with Crippen LogP contribution in [0.25, 0.3) is 11.8 Å². The zero-order valence-electron chi connectivity index (χ0n) is 19.6. The normalized spacial score (nSPS) is 24.3. The summed E-state index contributed by atoms with van der Waals surface area (Å²) in [7, 11) is 0. The van der Waals surface area contributed by atoms with E-state index in [4.69, 9.17) is 5.73 Å². The fraction of sp³-hybridized carbons (Fsp3) is 0.370. The summed E-state index contributed by atoms with van der Waals surface area (Å²) >= 11 is 0. The molecule has 3 atom stereocenters. The summed E-state index contributed by atoms with van der Waals surface area (Å²) in [5, 5.41) is 16.3. The molecule has 0 aliphatic heterocycles. The summed E-state index contributed by atoms with van der Waals surface area (Å²) in [4.78, 5) is 0. The topological polar surface area (TPSA) is 64.1 Å². The first kappa shape index (κ1) is 24.6. The number of hydrogen-bond acceptors (Lipinski definition) is 3. The number of nitrogens with two attached hydrogens (primary N) is 1. The lowest BCUT2D eigenvalue weighted by atomic mass is 9.65. The van der Waals surface area contributed by atoms with Crippen LogP contribution in [0.2, 0.25) is 0 Å². The summed E-state index contributed by atoms with van der Waals surface area (Å²) in [6, 6.07) is 7.34. The van der Waals surface area contributed by atoms with Gasteiger partial charge in [0.25, 0.3) is 0 Å². The van der Waals surface area contributed by atoms with Gasteiger partial charge in [-0.2, -0.15) is 18.3 Å². The van der Waals surface area contributed by atoms with Gasteiger partial charge in [0, 0.05) is 11.0 Å². The average molecular weight is 504 g/mol. The molecule has 0 radical (unpaired) electrons. The van der Waals surface area contributed by atoms with Crippen molar-refractivity contribution in [3.8, 4) is 5.69 Å². The summed E-state index contributed by atoms with van der Waals surface area (Å²) < 4.78 is 69.4.